The minimum atomic E-state index is 0. The molecule has 1 aromatic carbocycles. The molecule has 0 amide bonds. The van der Waals surface area contributed by atoms with Gasteiger partial charge in [0.05, 0.1) is 7.11 Å². The molecule has 0 aliphatic carbocycles. The predicted octanol–water partition coefficient (Wildman–Crippen LogP) is 2.87. The van der Waals surface area contributed by atoms with Gasteiger partial charge >= 0.3 is 0 Å². The fraction of sp³-hybridized carbons (Fsp3) is 0.588. The molecule has 6 nitrogen and oxygen atoms in total. The van der Waals surface area contributed by atoms with Crippen molar-refractivity contribution in [1.29, 1.82) is 0 Å². The molecular weight excluding hydrogens is 421 g/mol. The van der Waals surface area contributed by atoms with Gasteiger partial charge in [-0.25, -0.2) is 0 Å². The molecule has 24 heavy (non-hydrogen) atoms. The topological polar surface area (TPSA) is 78.1 Å². The maximum atomic E-state index is 5.86. The van der Waals surface area contributed by atoms with Gasteiger partial charge in [0.25, 0.3) is 0 Å². The summed E-state index contributed by atoms with van der Waals surface area (Å²) in [7, 11) is 1.64. The van der Waals surface area contributed by atoms with Crippen LogP contribution in [0.4, 0.5) is 5.69 Å². The zero-order valence-electron chi connectivity index (χ0n) is 14.2. The Kier molecular flexibility index (Phi) is 10.8. The van der Waals surface area contributed by atoms with Crippen LogP contribution in [0.1, 0.15) is 19.3 Å². The summed E-state index contributed by atoms with van der Waals surface area (Å²) >= 11 is 0. The second-order valence-electron chi connectivity index (χ2n) is 5.60. The summed E-state index contributed by atoms with van der Waals surface area (Å²) in [6.45, 7) is 3.93. The van der Waals surface area contributed by atoms with Crippen LogP contribution in [0.2, 0.25) is 0 Å². The Balaban J connectivity index is 0.00000288. The SMILES string of the molecule is COc1ccc(NC(N)=NCCCOCC2CCOCC2)cc1.I. The molecule has 2 rings (SSSR count). The molecule has 1 fully saturated rings. The molecule has 1 aliphatic rings. The molecule has 1 saturated heterocycles. The summed E-state index contributed by atoms with van der Waals surface area (Å²) in [4.78, 5) is 4.30. The van der Waals surface area contributed by atoms with E-state index in [1.165, 1.54) is 0 Å². The van der Waals surface area contributed by atoms with Crippen molar-refractivity contribution in [3.8, 4) is 5.75 Å². The van der Waals surface area contributed by atoms with Gasteiger partial charge in [-0.15, -0.1) is 24.0 Å². The van der Waals surface area contributed by atoms with Gasteiger partial charge in [0, 0.05) is 38.7 Å². The van der Waals surface area contributed by atoms with Gasteiger partial charge in [-0.3, -0.25) is 4.99 Å². The number of guanidine groups is 1. The molecule has 3 N–H and O–H groups in total. The highest BCUT2D eigenvalue weighted by Crippen LogP contribution is 2.15. The minimum absolute atomic E-state index is 0. The zero-order chi connectivity index (χ0) is 16.3. The number of ether oxygens (including phenoxy) is 3. The van der Waals surface area contributed by atoms with E-state index in [1.54, 1.807) is 7.11 Å². The summed E-state index contributed by atoms with van der Waals surface area (Å²) in [6.07, 6.45) is 3.09. The van der Waals surface area contributed by atoms with Crippen LogP contribution < -0.4 is 15.8 Å². The van der Waals surface area contributed by atoms with Crippen LogP contribution in [0.5, 0.6) is 5.75 Å². The van der Waals surface area contributed by atoms with Crippen LogP contribution in [-0.4, -0.2) is 46.0 Å². The lowest BCUT2D eigenvalue weighted by Gasteiger charge is -2.21. The first-order valence-corrected chi connectivity index (χ1v) is 8.14. The van der Waals surface area contributed by atoms with Gasteiger partial charge in [-0.05, 0) is 49.4 Å². The van der Waals surface area contributed by atoms with Crippen molar-refractivity contribution in [3.05, 3.63) is 24.3 Å². The quantitative estimate of drug-likeness (QED) is 0.276. The molecule has 0 saturated carbocycles. The lowest BCUT2D eigenvalue weighted by Crippen LogP contribution is -2.23. The lowest BCUT2D eigenvalue weighted by atomic mass is 10.0. The molecule has 1 aliphatic heterocycles. The summed E-state index contributed by atoms with van der Waals surface area (Å²) in [5, 5.41) is 3.05. The molecule has 0 radical (unpaired) electrons. The predicted molar refractivity (Wildman–Crippen MR) is 108 cm³/mol. The third kappa shape index (κ3) is 8.16. The van der Waals surface area contributed by atoms with Crippen molar-refractivity contribution in [2.75, 3.05) is 45.4 Å². The molecule has 1 aromatic rings. The fourth-order valence-corrected chi connectivity index (χ4v) is 2.39. The van der Waals surface area contributed by atoms with Crippen LogP contribution >= 0.6 is 24.0 Å². The van der Waals surface area contributed by atoms with Crippen molar-refractivity contribution in [2.24, 2.45) is 16.6 Å². The second-order valence-corrected chi connectivity index (χ2v) is 5.60. The Morgan fingerprint density at radius 2 is 2.00 bits per heavy atom. The molecule has 0 atom stereocenters. The van der Waals surface area contributed by atoms with Crippen LogP contribution in [0, 0.1) is 5.92 Å². The third-order valence-corrected chi connectivity index (χ3v) is 3.79. The number of nitrogens with zero attached hydrogens (tertiary/aromatic N) is 1. The van der Waals surface area contributed by atoms with E-state index in [9.17, 15) is 0 Å². The first-order chi connectivity index (χ1) is 11.3. The van der Waals surface area contributed by atoms with E-state index in [0.717, 1.165) is 57.1 Å². The third-order valence-electron chi connectivity index (χ3n) is 3.79. The summed E-state index contributed by atoms with van der Waals surface area (Å²) in [5.41, 5.74) is 6.75. The molecule has 7 heteroatoms. The Morgan fingerprint density at radius 3 is 2.67 bits per heavy atom. The van der Waals surface area contributed by atoms with Crippen LogP contribution in [-0.2, 0) is 9.47 Å². The summed E-state index contributed by atoms with van der Waals surface area (Å²) < 4.78 is 16.1. The van der Waals surface area contributed by atoms with E-state index in [0.29, 0.717) is 18.4 Å². The standard InChI is InChI=1S/C17H27N3O3.HI/c1-21-16-5-3-15(4-6-16)20-17(18)19-9-2-10-23-13-14-7-11-22-12-8-14;/h3-6,14H,2,7-13H2,1H3,(H3,18,19,20);1H. The van der Waals surface area contributed by atoms with Gasteiger partial charge in [0.2, 0.25) is 0 Å². The molecular formula is C17H28IN3O3. The Morgan fingerprint density at radius 1 is 1.29 bits per heavy atom. The average molecular weight is 449 g/mol. The first-order valence-electron chi connectivity index (χ1n) is 8.14. The van der Waals surface area contributed by atoms with Crippen molar-refractivity contribution in [3.63, 3.8) is 0 Å². The van der Waals surface area contributed by atoms with E-state index in [2.05, 4.69) is 10.3 Å². The number of nitrogens with one attached hydrogen (secondary N) is 1. The largest absolute Gasteiger partial charge is 0.497 e. The number of rotatable bonds is 8. The van der Waals surface area contributed by atoms with Gasteiger partial charge in [-0.2, -0.15) is 0 Å². The minimum Gasteiger partial charge on any atom is -0.497 e. The number of halogens is 1. The van der Waals surface area contributed by atoms with E-state index < -0.39 is 0 Å². The van der Waals surface area contributed by atoms with E-state index in [1.807, 2.05) is 24.3 Å². The lowest BCUT2D eigenvalue weighted by molar-refractivity contribution is 0.0205. The smallest absolute Gasteiger partial charge is 0.193 e. The number of hydrogen-bond acceptors (Lipinski definition) is 4. The van der Waals surface area contributed by atoms with E-state index >= 15 is 0 Å². The van der Waals surface area contributed by atoms with E-state index in [4.69, 9.17) is 19.9 Å². The Hall–Kier alpha value is -1.06. The summed E-state index contributed by atoms with van der Waals surface area (Å²) in [5.74, 6) is 1.88. The molecule has 0 bridgehead atoms. The highest BCUT2D eigenvalue weighted by atomic mass is 127. The maximum Gasteiger partial charge on any atom is 0.193 e. The van der Waals surface area contributed by atoms with Gasteiger partial charge in [0.15, 0.2) is 5.96 Å². The number of benzene rings is 1. The highest BCUT2D eigenvalue weighted by Gasteiger charge is 2.13. The molecule has 0 unspecified atom stereocenters. The molecule has 0 spiro atoms. The maximum absolute atomic E-state index is 5.86. The van der Waals surface area contributed by atoms with Gasteiger partial charge < -0.3 is 25.3 Å². The van der Waals surface area contributed by atoms with Gasteiger partial charge in [0.1, 0.15) is 5.75 Å². The monoisotopic (exact) mass is 449 g/mol. The number of aliphatic imine (C=N–C) groups is 1. The van der Waals surface area contributed by atoms with Crippen molar-refractivity contribution in [2.45, 2.75) is 19.3 Å². The summed E-state index contributed by atoms with van der Waals surface area (Å²) in [6, 6.07) is 7.55. The van der Waals surface area contributed by atoms with Crippen LogP contribution in [0.25, 0.3) is 0 Å². The zero-order valence-corrected chi connectivity index (χ0v) is 16.5. The number of nitrogens with two attached hydrogens (primary N) is 1. The number of anilines is 1. The van der Waals surface area contributed by atoms with Crippen molar-refractivity contribution < 1.29 is 14.2 Å². The Labute approximate surface area is 161 Å². The van der Waals surface area contributed by atoms with Crippen molar-refractivity contribution in [1.82, 2.24) is 0 Å². The molecule has 0 aromatic heterocycles. The highest BCUT2D eigenvalue weighted by molar-refractivity contribution is 14.0. The van der Waals surface area contributed by atoms with Crippen molar-refractivity contribution >= 4 is 35.6 Å². The molecule has 1 heterocycles. The van der Waals surface area contributed by atoms with Crippen LogP contribution in [0.15, 0.2) is 29.3 Å². The van der Waals surface area contributed by atoms with Gasteiger partial charge in [-0.1, -0.05) is 0 Å². The fourth-order valence-electron chi connectivity index (χ4n) is 2.39. The van der Waals surface area contributed by atoms with Crippen LogP contribution in [0.3, 0.4) is 0 Å². The molecule has 136 valence electrons. The normalized spacial score (nSPS) is 15.6. The second kappa shape index (κ2) is 12.3. The number of hydrogen-bond donors (Lipinski definition) is 2. The first kappa shape index (κ1) is 21.0. The van der Waals surface area contributed by atoms with E-state index in [-0.39, 0.29) is 24.0 Å². The number of methoxy groups -OCH3 is 1. The average Bonchev–Trinajstić information content (AvgIpc) is 2.59. The Bertz CT molecular complexity index is 476.